The van der Waals surface area contributed by atoms with Crippen LogP contribution in [-0.2, 0) is 33.8 Å². The number of hydrogen-bond acceptors (Lipinski definition) is 5. The van der Waals surface area contributed by atoms with Crippen LogP contribution < -0.4 is 5.43 Å². The Balaban J connectivity index is 1.55. The van der Waals surface area contributed by atoms with Gasteiger partial charge in [0.15, 0.2) is 5.43 Å². The van der Waals surface area contributed by atoms with Crippen LogP contribution in [0.4, 0.5) is 4.39 Å². The zero-order valence-corrected chi connectivity index (χ0v) is 22.6. The number of benzene rings is 3. The van der Waals surface area contributed by atoms with E-state index in [4.69, 9.17) is 9.15 Å². The Bertz CT molecular complexity index is 1470. The Morgan fingerprint density at radius 2 is 1.57 bits per heavy atom. The zero-order chi connectivity index (χ0) is 28.3. The quantitative estimate of drug-likeness (QED) is 0.222. The number of carbonyl (C=O) groups excluding carboxylic acids is 2. The Kier molecular flexibility index (Phi) is 10.2. The number of rotatable bonds is 13. The topological polar surface area (TPSA) is 80.1 Å². The number of carbonyl (C=O) groups is 2. The van der Waals surface area contributed by atoms with Crippen LogP contribution in [0.3, 0.4) is 0 Å². The standard InChI is InChI=1S/C32H33FN2O5/c1-39-19-7-18-34(30(36)17-14-24-8-3-2-4-9-24)22-31(37)35(20-25-12-15-27(33)16-13-25)21-26-23-40-29-11-6-5-10-28(29)32(26)38/h2-6,8-13,15-16,23H,7,14,17-22H2,1H3. The summed E-state index contributed by atoms with van der Waals surface area (Å²) in [4.78, 5) is 43.2. The minimum atomic E-state index is -0.384. The molecule has 1 aromatic heterocycles. The van der Waals surface area contributed by atoms with E-state index in [0.717, 1.165) is 5.56 Å². The van der Waals surface area contributed by atoms with Crippen LogP contribution in [0.25, 0.3) is 11.0 Å². The highest BCUT2D eigenvalue weighted by Gasteiger charge is 2.23. The van der Waals surface area contributed by atoms with E-state index in [9.17, 15) is 18.8 Å². The number of methoxy groups -OCH3 is 1. The van der Waals surface area contributed by atoms with Crippen molar-refractivity contribution in [2.45, 2.75) is 32.4 Å². The van der Waals surface area contributed by atoms with Crippen molar-refractivity contribution in [2.75, 3.05) is 26.8 Å². The molecule has 3 aromatic carbocycles. The zero-order valence-electron chi connectivity index (χ0n) is 22.6. The molecule has 0 saturated carbocycles. The fourth-order valence-electron chi connectivity index (χ4n) is 4.48. The average Bonchev–Trinajstić information content (AvgIpc) is 2.98. The predicted octanol–water partition coefficient (Wildman–Crippen LogP) is 4.96. The van der Waals surface area contributed by atoms with Gasteiger partial charge in [-0.2, -0.15) is 0 Å². The van der Waals surface area contributed by atoms with Crippen molar-refractivity contribution in [3.05, 3.63) is 118 Å². The van der Waals surface area contributed by atoms with Gasteiger partial charge in [0.2, 0.25) is 11.8 Å². The van der Waals surface area contributed by atoms with Gasteiger partial charge in [-0.15, -0.1) is 0 Å². The van der Waals surface area contributed by atoms with Crippen molar-refractivity contribution in [1.29, 1.82) is 0 Å². The first kappa shape index (κ1) is 28.7. The van der Waals surface area contributed by atoms with Crippen LogP contribution in [0.1, 0.15) is 29.5 Å². The second kappa shape index (κ2) is 14.2. The molecule has 0 saturated heterocycles. The molecule has 208 valence electrons. The summed E-state index contributed by atoms with van der Waals surface area (Å²) < 4.78 is 24.4. The number of hydrogen-bond donors (Lipinski definition) is 0. The number of ether oxygens (including phenoxy) is 1. The third-order valence-corrected chi connectivity index (χ3v) is 6.68. The molecule has 0 aliphatic heterocycles. The molecular formula is C32H33FN2O5. The molecule has 0 spiro atoms. The summed E-state index contributed by atoms with van der Waals surface area (Å²) in [5, 5.41) is 0.423. The van der Waals surface area contributed by atoms with Crippen molar-refractivity contribution in [3.8, 4) is 0 Å². The molecule has 4 rings (SSSR count). The first-order valence-electron chi connectivity index (χ1n) is 13.3. The van der Waals surface area contributed by atoms with Crippen LogP contribution in [0.5, 0.6) is 0 Å². The molecule has 8 heteroatoms. The van der Waals surface area contributed by atoms with Crippen molar-refractivity contribution in [3.63, 3.8) is 0 Å². The lowest BCUT2D eigenvalue weighted by Gasteiger charge is -2.28. The Hall–Kier alpha value is -4.30. The Morgan fingerprint density at radius 3 is 2.33 bits per heavy atom. The number of nitrogens with zero attached hydrogens (tertiary/aromatic N) is 2. The normalized spacial score (nSPS) is 10.9. The summed E-state index contributed by atoms with van der Waals surface area (Å²) in [6.45, 7) is 0.768. The molecule has 0 aliphatic carbocycles. The third-order valence-electron chi connectivity index (χ3n) is 6.68. The summed E-state index contributed by atoms with van der Waals surface area (Å²) >= 11 is 0. The van der Waals surface area contributed by atoms with Gasteiger partial charge in [-0.05, 0) is 48.2 Å². The largest absolute Gasteiger partial charge is 0.464 e. The van der Waals surface area contributed by atoms with E-state index < -0.39 is 0 Å². The number of para-hydroxylation sites is 1. The molecule has 0 aliphatic rings. The molecule has 1 heterocycles. The monoisotopic (exact) mass is 544 g/mol. The number of fused-ring (bicyclic) bond motifs is 1. The second-order valence-electron chi connectivity index (χ2n) is 9.61. The SMILES string of the molecule is COCCCN(CC(=O)N(Cc1ccc(F)cc1)Cc1coc2ccccc2c1=O)C(=O)CCc1ccccc1. The van der Waals surface area contributed by atoms with Gasteiger partial charge in [0.1, 0.15) is 11.4 Å². The smallest absolute Gasteiger partial charge is 0.242 e. The minimum absolute atomic E-state index is 0.0203. The molecule has 0 fully saturated rings. The van der Waals surface area contributed by atoms with Gasteiger partial charge >= 0.3 is 0 Å². The van der Waals surface area contributed by atoms with Gasteiger partial charge < -0.3 is 19.0 Å². The molecule has 0 unspecified atom stereocenters. The van der Waals surface area contributed by atoms with E-state index in [1.807, 2.05) is 30.3 Å². The maximum atomic E-state index is 13.7. The third kappa shape index (κ3) is 7.86. The van der Waals surface area contributed by atoms with Crippen molar-refractivity contribution in [1.82, 2.24) is 9.80 Å². The van der Waals surface area contributed by atoms with E-state index in [0.29, 0.717) is 48.1 Å². The van der Waals surface area contributed by atoms with Gasteiger partial charge in [-0.1, -0.05) is 54.6 Å². The molecule has 0 bridgehead atoms. The van der Waals surface area contributed by atoms with E-state index in [2.05, 4.69) is 0 Å². The fourth-order valence-corrected chi connectivity index (χ4v) is 4.48. The molecule has 2 amide bonds. The van der Waals surface area contributed by atoms with Crippen LogP contribution in [0.15, 0.2) is 94.3 Å². The van der Waals surface area contributed by atoms with E-state index in [-0.39, 0.29) is 49.1 Å². The van der Waals surface area contributed by atoms with Crippen LogP contribution in [-0.4, -0.2) is 48.4 Å². The predicted molar refractivity (Wildman–Crippen MR) is 151 cm³/mol. The summed E-state index contributed by atoms with van der Waals surface area (Å²) in [6.07, 6.45) is 2.77. The Morgan fingerprint density at radius 1 is 0.850 bits per heavy atom. The fraction of sp³-hybridized carbons (Fsp3) is 0.281. The lowest BCUT2D eigenvalue weighted by atomic mass is 10.1. The highest BCUT2D eigenvalue weighted by atomic mass is 19.1. The van der Waals surface area contributed by atoms with Crippen molar-refractivity contribution >= 4 is 22.8 Å². The molecule has 40 heavy (non-hydrogen) atoms. The van der Waals surface area contributed by atoms with E-state index in [1.54, 1.807) is 48.4 Å². The van der Waals surface area contributed by atoms with Crippen molar-refractivity contribution < 1.29 is 23.1 Å². The number of halogens is 1. The first-order chi connectivity index (χ1) is 19.4. The Labute approximate surface area is 232 Å². The van der Waals surface area contributed by atoms with Gasteiger partial charge in [0, 0.05) is 33.2 Å². The van der Waals surface area contributed by atoms with E-state index in [1.165, 1.54) is 23.3 Å². The summed E-state index contributed by atoms with van der Waals surface area (Å²) in [7, 11) is 1.59. The molecule has 0 radical (unpaired) electrons. The van der Waals surface area contributed by atoms with E-state index >= 15 is 0 Å². The highest BCUT2D eigenvalue weighted by molar-refractivity contribution is 5.85. The van der Waals surface area contributed by atoms with Crippen molar-refractivity contribution in [2.24, 2.45) is 0 Å². The molecule has 4 aromatic rings. The van der Waals surface area contributed by atoms with Crippen LogP contribution in [0.2, 0.25) is 0 Å². The maximum absolute atomic E-state index is 13.7. The lowest BCUT2D eigenvalue weighted by molar-refractivity contribution is -0.141. The second-order valence-corrected chi connectivity index (χ2v) is 9.61. The minimum Gasteiger partial charge on any atom is -0.464 e. The summed E-state index contributed by atoms with van der Waals surface area (Å²) in [6, 6.07) is 22.5. The van der Waals surface area contributed by atoms with Crippen LogP contribution in [0, 0.1) is 5.82 Å². The van der Waals surface area contributed by atoms with Gasteiger partial charge in [0.25, 0.3) is 0 Å². The molecular weight excluding hydrogens is 511 g/mol. The number of amides is 2. The lowest BCUT2D eigenvalue weighted by Crippen LogP contribution is -2.43. The van der Waals surface area contributed by atoms with Gasteiger partial charge in [0.05, 0.1) is 30.3 Å². The molecule has 0 N–H and O–H groups in total. The first-order valence-corrected chi connectivity index (χ1v) is 13.3. The van der Waals surface area contributed by atoms with Gasteiger partial charge in [-0.3, -0.25) is 14.4 Å². The maximum Gasteiger partial charge on any atom is 0.242 e. The summed E-state index contributed by atoms with van der Waals surface area (Å²) in [5.74, 6) is -0.854. The molecule has 0 atom stereocenters. The van der Waals surface area contributed by atoms with Crippen LogP contribution >= 0.6 is 0 Å². The number of aryl methyl sites for hydroxylation is 1. The molecule has 7 nitrogen and oxygen atoms in total. The highest BCUT2D eigenvalue weighted by Crippen LogP contribution is 2.15. The average molecular weight is 545 g/mol. The summed E-state index contributed by atoms with van der Waals surface area (Å²) in [5.41, 5.74) is 2.28. The van der Waals surface area contributed by atoms with Gasteiger partial charge in [-0.25, -0.2) is 4.39 Å².